The lowest BCUT2D eigenvalue weighted by molar-refractivity contribution is 0.0395. The van der Waals surface area contributed by atoms with Crippen LogP contribution in [-0.2, 0) is 11.3 Å². The van der Waals surface area contributed by atoms with Crippen molar-refractivity contribution in [1.82, 2.24) is 5.32 Å². The quantitative estimate of drug-likeness (QED) is 0.828. The van der Waals surface area contributed by atoms with E-state index < -0.39 is 0 Å². The summed E-state index contributed by atoms with van der Waals surface area (Å²) in [5, 5.41) is 3.58. The van der Waals surface area contributed by atoms with E-state index in [2.05, 4.69) is 60.8 Å². The number of rotatable bonds is 7. The molecule has 1 aliphatic carbocycles. The van der Waals surface area contributed by atoms with Gasteiger partial charge in [-0.25, -0.2) is 0 Å². The zero-order chi connectivity index (χ0) is 14.5. The zero-order valence-electron chi connectivity index (χ0n) is 12.6. The minimum Gasteiger partial charge on any atom is -0.368 e. The molecule has 0 bridgehead atoms. The van der Waals surface area contributed by atoms with Crippen LogP contribution in [0.5, 0.6) is 0 Å². The average molecular weight is 281 g/mol. The third kappa shape index (κ3) is 4.42. The lowest BCUT2D eigenvalue weighted by Crippen LogP contribution is -2.25. The van der Waals surface area contributed by atoms with E-state index in [4.69, 9.17) is 4.74 Å². The predicted molar refractivity (Wildman–Crippen MR) is 86.2 cm³/mol. The van der Waals surface area contributed by atoms with E-state index in [1.807, 2.05) is 6.07 Å². The van der Waals surface area contributed by atoms with E-state index in [0.717, 1.165) is 6.54 Å². The molecule has 0 radical (unpaired) electrons. The van der Waals surface area contributed by atoms with Crippen molar-refractivity contribution in [3.05, 3.63) is 71.3 Å². The molecule has 2 aromatic rings. The first-order valence-electron chi connectivity index (χ1n) is 7.77. The molecular formula is C19H23NO. The third-order valence-electron chi connectivity index (χ3n) is 3.91. The van der Waals surface area contributed by atoms with Gasteiger partial charge in [0.1, 0.15) is 0 Å². The second kappa shape index (κ2) is 6.88. The van der Waals surface area contributed by atoms with Crippen LogP contribution >= 0.6 is 0 Å². The second-order valence-electron chi connectivity index (χ2n) is 5.88. The van der Waals surface area contributed by atoms with E-state index in [9.17, 15) is 0 Å². The van der Waals surface area contributed by atoms with Crippen LogP contribution < -0.4 is 5.32 Å². The van der Waals surface area contributed by atoms with Crippen LogP contribution in [0.15, 0.2) is 54.6 Å². The van der Waals surface area contributed by atoms with Gasteiger partial charge in [0.05, 0.1) is 12.7 Å². The lowest BCUT2D eigenvalue weighted by atomic mass is 10.1. The first kappa shape index (κ1) is 14.3. The van der Waals surface area contributed by atoms with Gasteiger partial charge in [-0.3, -0.25) is 0 Å². The molecule has 3 rings (SSSR count). The normalized spacial score (nSPS) is 15.9. The van der Waals surface area contributed by atoms with Gasteiger partial charge in [-0.1, -0.05) is 60.2 Å². The van der Waals surface area contributed by atoms with Crippen molar-refractivity contribution < 1.29 is 4.74 Å². The number of hydrogen-bond donors (Lipinski definition) is 1. The topological polar surface area (TPSA) is 21.3 Å². The maximum atomic E-state index is 6.17. The molecule has 0 saturated heterocycles. The third-order valence-corrected chi connectivity index (χ3v) is 3.91. The molecule has 0 spiro atoms. The fourth-order valence-corrected chi connectivity index (χ4v) is 2.39. The summed E-state index contributed by atoms with van der Waals surface area (Å²) in [6.07, 6.45) is 2.73. The van der Waals surface area contributed by atoms with E-state index in [0.29, 0.717) is 12.6 Å². The molecule has 0 aliphatic heterocycles. The molecule has 1 aliphatic rings. The van der Waals surface area contributed by atoms with Crippen molar-refractivity contribution in [2.24, 2.45) is 0 Å². The average Bonchev–Trinajstić information content (AvgIpc) is 3.34. The number of nitrogens with one attached hydrogen (secondary N) is 1. The van der Waals surface area contributed by atoms with Gasteiger partial charge in [-0.05, 0) is 30.9 Å². The van der Waals surface area contributed by atoms with Gasteiger partial charge in [-0.2, -0.15) is 0 Å². The molecule has 21 heavy (non-hydrogen) atoms. The fraction of sp³-hybridized carbons (Fsp3) is 0.368. The Bertz CT molecular complexity index is 546. The Hall–Kier alpha value is -1.64. The highest BCUT2D eigenvalue weighted by Gasteiger charge is 2.22. The largest absolute Gasteiger partial charge is 0.368 e. The summed E-state index contributed by atoms with van der Waals surface area (Å²) >= 11 is 0. The highest BCUT2D eigenvalue weighted by atomic mass is 16.5. The van der Waals surface area contributed by atoms with Crippen molar-refractivity contribution in [1.29, 1.82) is 0 Å². The zero-order valence-corrected chi connectivity index (χ0v) is 12.6. The van der Waals surface area contributed by atoms with Crippen molar-refractivity contribution >= 4 is 0 Å². The SMILES string of the molecule is Cc1ccc(C(CNC2CC2)OCc2ccccc2)cc1. The Morgan fingerprint density at radius 1 is 1.05 bits per heavy atom. The molecule has 0 aromatic heterocycles. The van der Waals surface area contributed by atoms with E-state index >= 15 is 0 Å². The molecule has 1 saturated carbocycles. The molecular weight excluding hydrogens is 258 g/mol. The smallest absolute Gasteiger partial charge is 0.0953 e. The summed E-state index contributed by atoms with van der Waals surface area (Å²) in [5.41, 5.74) is 3.77. The maximum absolute atomic E-state index is 6.17. The van der Waals surface area contributed by atoms with Gasteiger partial charge in [0.2, 0.25) is 0 Å². The van der Waals surface area contributed by atoms with Gasteiger partial charge < -0.3 is 10.1 Å². The molecule has 1 atom stereocenters. The molecule has 1 N–H and O–H groups in total. The fourth-order valence-electron chi connectivity index (χ4n) is 2.39. The highest BCUT2D eigenvalue weighted by molar-refractivity contribution is 5.24. The van der Waals surface area contributed by atoms with Gasteiger partial charge >= 0.3 is 0 Å². The first-order chi connectivity index (χ1) is 10.3. The molecule has 2 heteroatoms. The summed E-state index contributed by atoms with van der Waals surface area (Å²) in [5.74, 6) is 0. The number of hydrogen-bond acceptors (Lipinski definition) is 2. The number of benzene rings is 2. The van der Waals surface area contributed by atoms with Crippen molar-refractivity contribution in [3.8, 4) is 0 Å². The molecule has 0 heterocycles. The van der Waals surface area contributed by atoms with Gasteiger partial charge in [-0.15, -0.1) is 0 Å². The van der Waals surface area contributed by atoms with Gasteiger partial charge in [0.25, 0.3) is 0 Å². The van der Waals surface area contributed by atoms with Crippen LogP contribution in [0.1, 0.15) is 35.6 Å². The van der Waals surface area contributed by atoms with E-state index in [1.54, 1.807) is 0 Å². The molecule has 0 amide bonds. The van der Waals surface area contributed by atoms with E-state index in [-0.39, 0.29) is 6.10 Å². The Kier molecular flexibility index (Phi) is 4.69. The van der Waals surface area contributed by atoms with Crippen molar-refractivity contribution in [3.63, 3.8) is 0 Å². The summed E-state index contributed by atoms with van der Waals surface area (Å²) in [6.45, 7) is 3.67. The Balaban J connectivity index is 1.64. The molecule has 2 aromatic carbocycles. The van der Waals surface area contributed by atoms with Crippen molar-refractivity contribution in [2.75, 3.05) is 6.54 Å². The monoisotopic (exact) mass is 281 g/mol. The molecule has 2 nitrogen and oxygen atoms in total. The summed E-state index contributed by atoms with van der Waals surface area (Å²) in [4.78, 5) is 0. The molecule has 110 valence electrons. The van der Waals surface area contributed by atoms with Crippen LogP contribution in [0.4, 0.5) is 0 Å². The van der Waals surface area contributed by atoms with Crippen LogP contribution in [0.25, 0.3) is 0 Å². The highest BCUT2D eigenvalue weighted by Crippen LogP contribution is 2.23. The lowest BCUT2D eigenvalue weighted by Gasteiger charge is -2.19. The Morgan fingerprint density at radius 3 is 2.43 bits per heavy atom. The van der Waals surface area contributed by atoms with Crippen LogP contribution in [0, 0.1) is 6.92 Å². The molecule has 1 fully saturated rings. The minimum absolute atomic E-state index is 0.117. The maximum Gasteiger partial charge on any atom is 0.0953 e. The first-order valence-corrected chi connectivity index (χ1v) is 7.77. The molecule has 1 unspecified atom stereocenters. The van der Waals surface area contributed by atoms with Gasteiger partial charge in [0.15, 0.2) is 0 Å². The van der Waals surface area contributed by atoms with E-state index in [1.165, 1.54) is 29.5 Å². The predicted octanol–water partition coefficient (Wildman–Crippen LogP) is 4.00. The number of aryl methyl sites for hydroxylation is 1. The van der Waals surface area contributed by atoms with Crippen LogP contribution in [-0.4, -0.2) is 12.6 Å². The standard InChI is InChI=1S/C19H23NO/c1-15-7-9-17(10-8-15)19(13-20-18-11-12-18)21-14-16-5-3-2-4-6-16/h2-10,18-20H,11-14H2,1H3. The summed E-state index contributed by atoms with van der Waals surface area (Å²) in [6, 6.07) is 19.8. The Morgan fingerprint density at radius 2 is 1.76 bits per heavy atom. The Labute approximate surface area is 127 Å². The summed E-state index contributed by atoms with van der Waals surface area (Å²) in [7, 11) is 0. The van der Waals surface area contributed by atoms with Gasteiger partial charge in [0, 0.05) is 12.6 Å². The second-order valence-corrected chi connectivity index (χ2v) is 5.88. The minimum atomic E-state index is 0.117. The summed E-state index contributed by atoms with van der Waals surface area (Å²) < 4.78 is 6.17. The van der Waals surface area contributed by atoms with Crippen molar-refractivity contribution in [2.45, 2.75) is 38.5 Å². The number of ether oxygens (including phenoxy) is 1. The van der Waals surface area contributed by atoms with Crippen LogP contribution in [0.2, 0.25) is 0 Å². The van der Waals surface area contributed by atoms with Crippen LogP contribution in [0.3, 0.4) is 0 Å².